The molecule has 0 unspecified atom stereocenters. The molecule has 0 saturated heterocycles. The Labute approximate surface area is 120 Å². The second-order valence-electron chi connectivity index (χ2n) is 4.17. The maximum atomic E-state index is 10.8. The van der Waals surface area contributed by atoms with E-state index in [1.165, 1.54) is 19.2 Å². The minimum absolute atomic E-state index is 0.00598. The highest BCUT2D eigenvalue weighted by molar-refractivity contribution is 6.00. The van der Waals surface area contributed by atoms with Gasteiger partial charge in [0, 0.05) is 23.4 Å². The van der Waals surface area contributed by atoms with Gasteiger partial charge in [-0.3, -0.25) is 10.1 Å². The Kier molecular flexibility index (Phi) is 4.17. The van der Waals surface area contributed by atoms with E-state index in [0.717, 1.165) is 0 Å². The molecule has 2 rings (SSSR count). The average molecular weight is 287 g/mol. The summed E-state index contributed by atoms with van der Waals surface area (Å²) in [5.74, 6) is 0.677. The molecule has 0 aliphatic heterocycles. The summed E-state index contributed by atoms with van der Waals surface area (Å²) in [5.41, 5.74) is 1.19. The largest absolute Gasteiger partial charge is 0.467 e. The van der Waals surface area contributed by atoms with Crippen molar-refractivity contribution in [3.8, 4) is 6.01 Å². The summed E-state index contributed by atoms with van der Waals surface area (Å²) in [4.78, 5) is 26.6. The molecule has 0 N–H and O–H groups in total. The fourth-order valence-corrected chi connectivity index (χ4v) is 1.64. The number of hydrogen-bond donors (Lipinski definition) is 0. The van der Waals surface area contributed by atoms with Crippen LogP contribution in [0.4, 0.5) is 11.6 Å². The van der Waals surface area contributed by atoms with Crippen molar-refractivity contribution < 1.29 is 9.66 Å². The number of ether oxygens (including phenoxy) is 1. The molecule has 0 atom stereocenters. The van der Waals surface area contributed by atoms with E-state index in [0.29, 0.717) is 17.1 Å². The van der Waals surface area contributed by atoms with Crippen molar-refractivity contribution in [2.45, 2.75) is 13.8 Å². The predicted molar refractivity (Wildman–Crippen MR) is 76.1 cm³/mol. The zero-order valence-corrected chi connectivity index (χ0v) is 11.8. The molecule has 0 aliphatic rings. The normalized spacial score (nSPS) is 11.3. The van der Waals surface area contributed by atoms with E-state index in [1.54, 1.807) is 26.0 Å². The molecule has 0 radical (unpaired) electrons. The molecule has 21 heavy (non-hydrogen) atoms. The Morgan fingerprint density at radius 3 is 2.76 bits per heavy atom. The predicted octanol–water partition coefficient (Wildman–Crippen LogP) is 2.24. The monoisotopic (exact) mass is 287 g/mol. The van der Waals surface area contributed by atoms with Gasteiger partial charge in [0.2, 0.25) is 0 Å². The van der Waals surface area contributed by atoms with Crippen LogP contribution in [0.3, 0.4) is 0 Å². The zero-order chi connectivity index (χ0) is 15.4. The van der Waals surface area contributed by atoms with Crippen LogP contribution < -0.4 is 4.74 Å². The molecular formula is C13H13N5O3. The Morgan fingerprint density at radius 2 is 2.10 bits per heavy atom. The molecule has 1 heterocycles. The first kappa shape index (κ1) is 14.5. The third-order valence-corrected chi connectivity index (χ3v) is 2.64. The van der Waals surface area contributed by atoms with E-state index < -0.39 is 4.92 Å². The lowest BCUT2D eigenvalue weighted by atomic mass is 10.1. The number of benzene rings is 1. The molecular weight excluding hydrogens is 274 g/mol. The number of methoxy groups -OCH3 is 1. The van der Waals surface area contributed by atoms with Crippen molar-refractivity contribution in [3.63, 3.8) is 0 Å². The zero-order valence-electron chi connectivity index (χ0n) is 11.8. The third kappa shape index (κ3) is 3.56. The van der Waals surface area contributed by atoms with Gasteiger partial charge in [-0.2, -0.15) is 15.0 Å². The molecule has 2 aromatic rings. The molecule has 108 valence electrons. The molecule has 8 heteroatoms. The Balaban J connectivity index is 2.39. The van der Waals surface area contributed by atoms with Crippen molar-refractivity contribution in [2.75, 3.05) is 7.11 Å². The lowest BCUT2D eigenvalue weighted by Gasteiger charge is -2.02. The minimum Gasteiger partial charge on any atom is -0.467 e. The second-order valence-corrected chi connectivity index (χ2v) is 4.17. The number of nitrogens with zero attached hydrogens (tertiary/aromatic N) is 5. The second kappa shape index (κ2) is 6.04. The first-order valence-electron chi connectivity index (χ1n) is 6.06. The summed E-state index contributed by atoms with van der Waals surface area (Å²) in [5, 5.41) is 10.8. The van der Waals surface area contributed by atoms with E-state index >= 15 is 0 Å². The summed E-state index contributed by atoms with van der Waals surface area (Å²) < 4.78 is 4.95. The summed E-state index contributed by atoms with van der Waals surface area (Å²) in [6, 6.07) is 6.38. The van der Waals surface area contributed by atoms with Crippen LogP contribution >= 0.6 is 0 Å². The van der Waals surface area contributed by atoms with Gasteiger partial charge in [0.25, 0.3) is 11.6 Å². The van der Waals surface area contributed by atoms with Crippen LogP contribution in [0.15, 0.2) is 29.3 Å². The molecule has 1 aromatic carbocycles. The van der Waals surface area contributed by atoms with E-state index in [1.807, 2.05) is 0 Å². The van der Waals surface area contributed by atoms with Gasteiger partial charge in [-0.15, -0.1) is 0 Å². The van der Waals surface area contributed by atoms with Crippen LogP contribution in [0.2, 0.25) is 0 Å². The highest BCUT2D eigenvalue weighted by atomic mass is 16.6. The Bertz CT molecular complexity index is 715. The lowest BCUT2D eigenvalue weighted by molar-refractivity contribution is -0.384. The minimum atomic E-state index is -0.451. The van der Waals surface area contributed by atoms with Crippen LogP contribution in [-0.4, -0.2) is 32.7 Å². The van der Waals surface area contributed by atoms with E-state index in [9.17, 15) is 10.1 Å². The quantitative estimate of drug-likeness (QED) is 0.485. The number of rotatable bonds is 4. The lowest BCUT2D eigenvalue weighted by Crippen LogP contribution is -2.00. The first-order valence-corrected chi connectivity index (χ1v) is 6.06. The van der Waals surface area contributed by atoms with Crippen molar-refractivity contribution in [3.05, 3.63) is 45.8 Å². The van der Waals surface area contributed by atoms with Crippen molar-refractivity contribution in [2.24, 2.45) is 4.99 Å². The SMILES string of the molecule is COc1nc(C)nc(N=C(C)c2cccc([N+](=O)[O-])c2)n1. The molecule has 0 amide bonds. The molecule has 8 nitrogen and oxygen atoms in total. The molecule has 0 aliphatic carbocycles. The summed E-state index contributed by atoms with van der Waals surface area (Å²) in [6.45, 7) is 3.43. The van der Waals surface area contributed by atoms with Gasteiger partial charge in [0.1, 0.15) is 5.82 Å². The molecule has 0 saturated carbocycles. The van der Waals surface area contributed by atoms with Crippen LogP contribution in [0.1, 0.15) is 18.3 Å². The highest BCUT2D eigenvalue weighted by Crippen LogP contribution is 2.16. The van der Waals surface area contributed by atoms with Gasteiger partial charge >= 0.3 is 6.01 Å². The van der Waals surface area contributed by atoms with Gasteiger partial charge in [0.15, 0.2) is 0 Å². The van der Waals surface area contributed by atoms with E-state index in [-0.39, 0.29) is 17.6 Å². The highest BCUT2D eigenvalue weighted by Gasteiger charge is 2.09. The van der Waals surface area contributed by atoms with Crippen molar-refractivity contribution >= 4 is 17.3 Å². The van der Waals surface area contributed by atoms with Gasteiger partial charge < -0.3 is 4.74 Å². The van der Waals surface area contributed by atoms with Gasteiger partial charge in [-0.05, 0) is 13.8 Å². The fourth-order valence-electron chi connectivity index (χ4n) is 1.64. The first-order chi connectivity index (χ1) is 9.99. The summed E-state index contributed by atoms with van der Waals surface area (Å²) in [7, 11) is 1.45. The van der Waals surface area contributed by atoms with Crippen LogP contribution in [-0.2, 0) is 0 Å². The number of aromatic nitrogens is 3. The van der Waals surface area contributed by atoms with Crippen LogP contribution in [0.5, 0.6) is 6.01 Å². The fraction of sp³-hybridized carbons (Fsp3) is 0.231. The van der Waals surface area contributed by atoms with Crippen molar-refractivity contribution in [1.29, 1.82) is 0 Å². The molecule has 0 fully saturated rings. The number of non-ortho nitro benzene ring substituents is 1. The standard InChI is InChI=1S/C13H13N5O3/c1-8(10-5-4-6-11(7-10)18(19)20)14-12-15-9(2)16-13(17-12)21-3/h4-7H,1-3H3. The van der Waals surface area contributed by atoms with Crippen molar-refractivity contribution in [1.82, 2.24) is 15.0 Å². The smallest absolute Gasteiger partial charge is 0.321 e. The number of nitro benzene ring substituents is 1. The number of aliphatic imine (C=N–C) groups is 1. The number of nitro groups is 1. The maximum absolute atomic E-state index is 10.8. The summed E-state index contributed by atoms with van der Waals surface area (Å²) >= 11 is 0. The topological polar surface area (TPSA) is 103 Å². The Hall–Kier alpha value is -2.90. The molecule has 1 aromatic heterocycles. The molecule has 0 bridgehead atoms. The van der Waals surface area contributed by atoms with Gasteiger partial charge in [-0.1, -0.05) is 12.1 Å². The summed E-state index contributed by atoms with van der Waals surface area (Å²) in [6.07, 6.45) is 0. The average Bonchev–Trinajstić information content (AvgIpc) is 2.46. The molecule has 0 spiro atoms. The maximum Gasteiger partial charge on any atom is 0.321 e. The van der Waals surface area contributed by atoms with Crippen LogP contribution in [0.25, 0.3) is 0 Å². The number of aryl methyl sites for hydroxylation is 1. The third-order valence-electron chi connectivity index (χ3n) is 2.64. The van der Waals surface area contributed by atoms with E-state index in [2.05, 4.69) is 19.9 Å². The van der Waals surface area contributed by atoms with Gasteiger partial charge in [0.05, 0.1) is 12.0 Å². The van der Waals surface area contributed by atoms with Crippen LogP contribution in [0, 0.1) is 17.0 Å². The number of hydrogen-bond acceptors (Lipinski definition) is 7. The van der Waals surface area contributed by atoms with E-state index in [4.69, 9.17) is 4.74 Å². The van der Waals surface area contributed by atoms with Gasteiger partial charge in [-0.25, -0.2) is 4.99 Å². The Morgan fingerprint density at radius 1 is 1.33 bits per heavy atom.